The van der Waals surface area contributed by atoms with Gasteiger partial charge in [0.25, 0.3) is 5.91 Å². The van der Waals surface area contributed by atoms with Gasteiger partial charge in [0.15, 0.2) is 0 Å². The smallest absolute Gasteiger partial charge is 0.251 e. The van der Waals surface area contributed by atoms with Crippen molar-refractivity contribution >= 4 is 17.2 Å². The molecule has 1 amide bonds. The summed E-state index contributed by atoms with van der Waals surface area (Å²) in [6.45, 7) is 1.48. The highest BCUT2D eigenvalue weighted by atomic mass is 32.1. The molecule has 1 saturated carbocycles. The van der Waals surface area contributed by atoms with Crippen LogP contribution in [0.1, 0.15) is 58.0 Å². The van der Waals surface area contributed by atoms with Crippen LogP contribution in [0.3, 0.4) is 0 Å². The largest absolute Gasteiger partial charge is 0.493 e. The van der Waals surface area contributed by atoms with Crippen LogP contribution in [0.15, 0.2) is 24.3 Å². The normalized spacial score (nSPS) is 16.2. The number of aromatic nitrogens is 1. The van der Waals surface area contributed by atoms with Crippen LogP contribution in [0, 0.1) is 5.92 Å². The Kier molecular flexibility index (Phi) is 5.54. The third-order valence-corrected chi connectivity index (χ3v) is 6.26. The summed E-state index contributed by atoms with van der Waals surface area (Å²) in [5, 5.41) is 4.23. The zero-order valence-electron chi connectivity index (χ0n) is 15.1. The fourth-order valence-corrected chi connectivity index (χ4v) is 4.46. The summed E-state index contributed by atoms with van der Waals surface area (Å²) in [5.74, 6) is 1.57. The van der Waals surface area contributed by atoms with Crippen LogP contribution in [0.2, 0.25) is 0 Å². The Morgan fingerprint density at radius 3 is 2.77 bits per heavy atom. The summed E-state index contributed by atoms with van der Waals surface area (Å²) >= 11 is 1.87. The molecule has 2 aliphatic carbocycles. The van der Waals surface area contributed by atoms with E-state index in [2.05, 4.69) is 5.32 Å². The third-order valence-electron chi connectivity index (χ3n) is 5.04. The average Bonchev–Trinajstić information content (AvgIpc) is 3.41. The lowest BCUT2D eigenvalue weighted by Gasteiger charge is -2.07. The lowest BCUT2D eigenvalue weighted by atomic mass is 10.0. The van der Waals surface area contributed by atoms with E-state index in [1.807, 2.05) is 35.6 Å². The number of hydrogen-bond donors (Lipinski definition) is 1. The second-order valence-corrected chi connectivity index (χ2v) is 8.49. The molecule has 5 heteroatoms. The highest BCUT2D eigenvalue weighted by Crippen LogP contribution is 2.29. The highest BCUT2D eigenvalue weighted by molar-refractivity contribution is 7.11. The van der Waals surface area contributed by atoms with E-state index >= 15 is 0 Å². The van der Waals surface area contributed by atoms with E-state index in [0.29, 0.717) is 12.1 Å². The number of rotatable bonds is 8. The number of benzene rings is 1. The molecule has 2 aromatic rings. The van der Waals surface area contributed by atoms with E-state index in [9.17, 15) is 4.79 Å². The van der Waals surface area contributed by atoms with Crippen LogP contribution in [0.5, 0.6) is 5.75 Å². The lowest BCUT2D eigenvalue weighted by molar-refractivity contribution is 0.0953. The molecule has 1 heterocycles. The summed E-state index contributed by atoms with van der Waals surface area (Å²) in [6, 6.07) is 7.45. The molecule has 0 unspecified atom stereocenters. The van der Waals surface area contributed by atoms with E-state index < -0.39 is 0 Å². The van der Waals surface area contributed by atoms with Crippen LogP contribution < -0.4 is 10.1 Å². The van der Waals surface area contributed by atoms with Gasteiger partial charge in [-0.2, -0.15) is 0 Å². The molecule has 0 atom stereocenters. The summed E-state index contributed by atoms with van der Waals surface area (Å²) in [5.41, 5.74) is 2.01. The van der Waals surface area contributed by atoms with Crippen LogP contribution in [0.25, 0.3) is 0 Å². The first-order valence-corrected chi connectivity index (χ1v) is 10.6. The van der Waals surface area contributed by atoms with Crippen molar-refractivity contribution in [1.29, 1.82) is 0 Å². The molecule has 1 aromatic heterocycles. The standard InChI is InChI=1S/C21H26N2O2S/c24-21(16-9-11-17(12-10-16)25-14-15-7-8-15)22-13-3-6-20-23-18-4-1-2-5-19(18)26-20/h9-12,15H,1-8,13-14H2,(H,22,24). The second kappa shape index (κ2) is 8.21. The minimum atomic E-state index is -0.0165. The van der Waals surface area contributed by atoms with Gasteiger partial charge in [0.05, 0.1) is 17.3 Å². The molecule has 1 aromatic carbocycles. The zero-order chi connectivity index (χ0) is 17.8. The quantitative estimate of drug-likeness (QED) is 0.710. The Bertz CT molecular complexity index is 726. The van der Waals surface area contributed by atoms with Gasteiger partial charge in [-0.15, -0.1) is 11.3 Å². The molecule has 0 bridgehead atoms. The van der Waals surface area contributed by atoms with Crippen molar-refractivity contribution in [2.45, 2.75) is 51.4 Å². The first-order chi connectivity index (χ1) is 12.8. The van der Waals surface area contributed by atoms with Gasteiger partial charge >= 0.3 is 0 Å². The molecule has 0 saturated heterocycles. The number of ether oxygens (including phenoxy) is 1. The molecule has 1 N–H and O–H groups in total. The fraction of sp³-hybridized carbons (Fsp3) is 0.524. The Morgan fingerprint density at radius 2 is 2.00 bits per heavy atom. The summed E-state index contributed by atoms with van der Waals surface area (Å²) in [6.07, 6.45) is 9.36. The third kappa shape index (κ3) is 4.64. The van der Waals surface area contributed by atoms with Crippen molar-refractivity contribution in [3.63, 3.8) is 0 Å². The molecule has 4 nitrogen and oxygen atoms in total. The predicted molar refractivity (Wildman–Crippen MR) is 104 cm³/mol. The first kappa shape index (κ1) is 17.5. The molecule has 0 spiro atoms. The molecule has 138 valence electrons. The highest BCUT2D eigenvalue weighted by Gasteiger charge is 2.21. The van der Waals surface area contributed by atoms with E-state index in [1.54, 1.807) is 0 Å². The van der Waals surface area contributed by atoms with E-state index in [0.717, 1.165) is 37.5 Å². The van der Waals surface area contributed by atoms with Crippen molar-refractivity contribution in [3.8, 4) is 5.75 Å². The van der Waals surface area contributed by atoms with Crippen molar-refractivity contribution < 1.29 is 9.53 Å². The SMILES string of the molecule is O=C(NCCCc1nc2c(s1)CCCC2)c1ccc(OCC2CC2)cc1. The molecular weight excluding hydrogens is 344 g/mol. The van der Waals surface area contributed by atoms with Crippen LogP contribution >= 0.6 is 11.3 Å². The topological polar surface area (TPSA) is 51.2 Å². The van der Waals surface area contributed by atoms with Crippen molar-refractivity contribution in [2.75, 3.05) is 13.2 Å². The molecule has 2 aliphatic rings. The van der Waals surface area contributed by atoms with E-state index in [1.165, 1.54) is 47.7 Å². The number of nitrogens with zero attached hydrogens (tertiary/aromatic N) is 1. The molecule has 26 heavy (non-hydrogen) atoms. The van der Waals surface area contributed by atoms with Crippen molar-refractivity contribution in [3.05, 3.63) is 45.4 Å². The maximum atomic E-state index is 12.2. The predicted octanol–water partition coefficient (Wildman–Crippen LogP) is 4.17. The molecule has 4 rings (SSSR count). The Labute approximate surface area is 159 Å². The van der Waals surface area contributed by atoms with Gasteiger partial charge in [0, 0.05) is 23.4 Å². The number of nitrogens with one attached hydrogen (secondary N) is 1. The average molecular weight is 371 g/mol. The van der Waals surface area contributed by atoms with Crippen molar-refractivity contribution in [2.24, 2.45) is 5.92 Å². The van der Waals surface area contributed by atoms with Gasteiger partial charge in [0.1, 0.15) is 5.75 Å². The maximum absolute atomic E-state index is 12.2. The Morgan fingerprint density at radius 1 is 1.19 bits per heavy atom. The minimum Gasteiger partial charge on any atom is -0.493 e. The van der Waals surface area contributed by atoms with Gasteiger partial charge in [-0.05, 0) is 75.1 Å². The number of carbonyl (C=O) groups excluding carboxylic acids is 1. The molecule has 0 aliphatic heterocycles. The van der Waals surface area contributed by atoms with Gasteiger partial charge < -0.3 is 10.1 Å². The number of carbonyl (C=O) groups is 1. The monoisotopic (exact) mass is 370 g/mol. The van der Waals surface area contributed by atoms with Crippen LogP contribution in [0.4, 0.5) is 0 Å². The summed E-state index contributed by atoms with van der Waals surface area (Å²) in [4.78, 5) is 18.5. The minimum absolute atomic E-state index is 0.0165. The van der Waals surface area contributed by atoms with Crippen LogP contribution in [-0.4, -0.2) is 24.0 Å². The number of hydrogen-bond acceptors (Lipinski definition) is 4. The summed E-state index contributed by atoms with van der Waals surface area (Å²) in [7, 11) is 0. The first-order valence-electron chi connectivity index (χ1n) is 9.76. The number of fused-ring (bicyclic) bond motifs is 1. The van der Waals surface area contributed by atoms with Crippen LogP contribution in [-0.2, 0) is 19.3 Å². The second-order valence-electron chi connectivity index (χ2n) is 7.32. The van der Waals surface area contributed by atoms with Gasteiger partial charge in [-0.3, -0.25) is 4.79 Å². The van der Waals surface area contributed by atoms with Gasteiger partial charge in [-0.25, -0.2) is 4.98 Å². The van der Waals surface area contributed by atoms with Gasteiger partial charge in [0.2, 0.25) is 0 Å². The number of amides is 1. The van der Waals surface area contributed by atoms with E-state index in [-0.39, 0.29) is 5.91 Å². The van der Waals surface area contributed by atoms with Gasteiger partial charge in [-0.1, -0.05) is 0 Å². The lowest BCUT2D eigenvalue weighted by Crippen LogP contribution is -2.24. The Hall–Kier alpha value is -1.88. The number of aryl methyl sites for hydroxylation is 3. The number of thiazole rings is 1. The zero-order valence-corrected chi connectivity index (χ0v) is 15.9. The molecular formula is C21H26N2O2S. The summed E-state index contributed by atoms with van der Waals surface area (Å²) < 4.78 is 5.71. The molecule has 0 radical (unpaired) electrons. The fourth-order valence-electron chi connectivity index (χ4n) is 3.26. The maximum Gasteiger partial charge on any atom is 0.251 e. The van der Waals surface area contributed by atoms with Crippen molar-refractivity contribution in [1.82, 2.24) is 10.3 Å². The molecule has 1 fully saturated rings. The van der Waals surface area contributed by atoms with E-state index in [4.69, 9.17) is 9.72 Å². The Balaban J connectivity index is 1.19.